The highest BCUT2D eigenvalue weighted by Gasteiger charge is 2.24. The summed E-state index contributed by atoms with van der Waals surface area (Å²) >= 11 is 0. The van der Waals surface area contributed by atoms with Crippen LogP contribution in [-0.2, 0) is 0 Å². The van der Waals surface area contributed by atoms with Gasteiger partial charge in [-0.3, -0.25) is 0 Å². The van der Waals surface area contributed by atoms with Gasteiger partial charge in [0.15, 0.2) is 5.82 Å². The fourth-order valence-corrected chi connectivity index (χ4v) is 9.32. The van der Waals surface area contributed by atoms with Crippen molar-refractivity contribution in [3.8, 4) is 67.5 Å². The summed E-state index contributed by atoms with van der Waals surface area (Å²) < 4.78 is 29.8. The second-order valence-corrected chi connectivity index (χ2v) is 15.5. The maximum Gasteiger partial charge on any atom is 0.160 e. The molecule has 0 N–H and O–H groups in total. The van der Waals surface area contributed by atoms with Crippen LogP contribution in [0.4, 0.5) is 0 Å². The first-order chi connectivity index (χ1) is 32.0. The molecular weight excluding hydrogens is 753 g/mol. The number of fused-ring (bicyclic) bond motifs is 6. The summed E-state index contributed by atoms with van der Waals surface area (Å²) in [5.74, 6) is 0.527. The van der Waals surface area contributed by atoms with Crippen LogP contribution < -0.4 is 0 Å². The van der Waals surface area contributed by atoms with Crippen molar-refractivity contribution in [3.63, 3.8) is 0 Å². The summed E-state index contributed by atoms with van der Waals surface area (Å²) in [5.41, 5.74) is 14.2. The Morgan fingerprint density at radius 1 is 0.339 bits per heavy atom. The summed E-state index contributed by atoms with van der Waals surface area (Å²) in [6.07, 6.45) is 0. The summed E-state index contributed by atoms with van der Waals surface area (Å²) in [5, 5.41) is 4.61. The van der Waals surface area contributed by atoms with Crippen molar-refractivity contribution >= 4 is 43.6 Å². The molecule has 0 saturated carbocycles. The Kier molecular flexibility index (Phi) is 7.73. The quantitative estimate of drug-likeness (QED) is 0.161. The number of para-hydroxylation sites is 5. The topological polar surface area (TPSA) is 35.6 Å². The largest absolute Gasteiger partial charge is 0.309 e. The first-order valence-electron chi connectivity index (χ1n) is 22.3. The third-order valence-corrected chi connectivity index (χ3v) is 12.0. The van der Waals surface area contributed by atoms with Crippen molar-refractivity contribution in [2.45, 2.75) is 0 Å². The summed E-state index contributed by atoms with van der Waals surface area (Å²) in [4.78, 5) is 11.0. The zero-order valence-corrected chi connectivity index (χ0v) is 33.5. The Balaban J connectivity index is 1.22. The normalized spacial score (nSPS) is 12.2. The third-order valence-electron chi connectivity index (χ3n) is 12.0. The molecule has 62 heavy (non-hydrogen) atoms. The van der Waals surface area contributed by atoms with Crippen molar-refractivity contribution in [2.75, 3.05) is 0 Å². The van der Waals surface area contributed by atoms with E-state index in [1.807, 2.05) is 60.7 Å². The Bertz CT molecular complexity index is 3690. The van der Waals surface area contributed by atoms with E-state index < -0.39 is 0 Å². The van der Waals surface area contributed by atoms with Crippen LogP contribution in [0.2, 0.25) is 0 Å². The van der Waals surface area contributed by atoms with E-state index in [0.717, 1.165) is 105 Å². The van der Waals surface area contributed by atoms with Crippen LogP contribution in [0.15, 0.2) is 230 Å². The Hall–Kier alpha value is -8.34. The lowest BCUT2D eigenvalue weighted by Gasteiger charge is -2.21. The van der Waals surface area contributed by atoms with Gasteiger partial charge in [0.25, 0.3) is 0 Å². The molecule has 12 rings (SSSR count). The van der Waals surface area contributed by atoms with Gasteiger partial charge in [0, 0.05) is 43.8 Å². The van der Waals surface area contributed by atoms with E-state index >= 15 is 0 Å². The molecule has 0 spiro atoms. The van der Waals surface area contributed by atoms with Gasteiger partial charge in [-0.2, -0.15) is 0 Å². The van der Waals surface area contributed by atoms with Crippen LogP contribution >= 0.6 is 0 Å². The van der Waals surface area contributed by atoms with E-state index in [1.54, 1.807) is 12.1 Å². The standard InChI is InChI=1S/C58H38N4/c1-4-20-39(21-5-1)42-30-19-37-55(61-51-33-14-10-26-44(51)45-27-11-15-34-52(45)61)56(42)50-38-49(59-58(60-50)41-24-8-3-9-25-41)48-32-18-31-43(40-22-6-2-7-23-40)57(48)62-53-35-16-12-28-46(53)47-29-13-17-36-54(47)62/h1-38H/i1D,2D,3D. The SMILES string of the molecule is [2H]c1ccc(-c2nc(-c3cccc(-c4ccc([2H])cc4)c3-n3c4ccccc4c4ccccc43)cc(-c3c(-c4ccc([2H])cc4)cccc3-n3c4ccccc4c4ccccc43)n2)cc1. The number of aromatic nitrogens is 4. The Morgan fingerprint density at radius 2 is 0.758 bits per heavy atom. The van der Waals surface area contributed by atoms with Gasteiger partial charge in [0.2, 0.25) is 0 Å². The highest BCUT2D eigenvalue weighted by molar-refractivity contribution is 6.12. The van der Waals surface area contributed by atoms with Crippen LogP contribution in [0.25, 0.3) is 111 Å². The number of hydrogen-bond donors (Lipinski definition) is 0. The van der Waals surface area contributed by atoms with Crippen molar-refractivity contribution < 1.29 is 4.11 Å². The second-order valence-electron chi connectivity index (χ2n) is 15.5. The predicted molar refractivity (Wildman–Crippen MR) is 258 cm³/mol. The number of hydrogen-bond acceptors (Lipinski definition) is 2. The summed E-state index contributed by atoms with van der Waals surface area (Å²) in [7, 11) is 0. The molecule has 4 heteroatoms. The Labute approximate surface area is 363 Å². The minimum Gasteiger partial charge on any atom is -0.309 e. The molecule has 0 bridgehead atoms. The molecule has 0 fully saturated rings. The van der Waals surface area contributed by atoms with Gasteiger partial charge in [-0.05, 0) is 53.1 Å². The fraction of sp³-hybridized carbons (Fsp3) is 0. The average molecular weight is 794 g/mol. The van der Waals surface area contributed by atoms with Crippen molar-refractivity contribution in [2.24, 2.45) is 0 Å². The molecule has 290 valence electrons. The summed E-state index contributed by atoms with van der Waals surface area (Å²) in [6, 6.07) is 73.2. The minimum absolute atomic E-state index is 0.405. The molecule has 9 aromatic carbocycles. The predicted octanol–water partition coefficient (Wildman–Crippen LogP) is 15.0. The lowest BCUT2D eigenvalue weighted by Crippen LogP contribution is -2.04. The fourth-order valence-electron chi connectivity index (χ4n) is 9.32. The van der Waals surface area contributed by atoms with Crippen LogP contribution in [0.3, 0.4) is 0 Å². The van der Waals surface area contributed by atoms with Crippen LogP contribution in [0.1, 0.15) is 4.11 Å². The number of rotatable bonds is 7. The highest BCUT2D eigenvalue weighted by Crippen LogP contribution is 2.45. The molecule has 0 unspecified atom stereocenters. The zero-order chi connectivity index (χ0) is 43.6. The van der Waals surface area contributed by atoms with Crippen LogP contribution in [-0.4, -0.2) is 19.1 Å². The molecule has 3 heterocycles. The van der Waals surface area contributed by atoms with Crippen molar-refractivity contribution in [3.05, 3.63) is 230 Å². The molecule has 12 aromatic rings. The van der Waals surface area contributed by atoms with Crippen molar-refractivity contribution in [1.82, 2.24) is 19.1 Å². The van der Waals surface area contributed by atoms with Gasteiger partial charge < -0.3 is 9.13 Å². The zero-order valence-electron chi connectivity index (χ0n) is 36.5. The Morgan fingerprint density at radius 3 is 1.31 bits per heavy atom. The lowest BCUT2D eigenvalue weighted by molar-refractivity contribution is 1.14. The average Bonchev–Trinajstić information content (AvgIpc) is 3.87. The number of nitrogens with zero attached hydrogens (tertiary/aromatic N) is 4. The van der Waals surface area contributed by atoms with Crippen molar-refractivity contribution in [1.29, 1.82) is 0 Å². The molecule has 0 saturated heterocycles. The molecule has 0 radical (unpaired) electrons. The van der Waals surface area contributed by atoms with Gasteiger partial charge in [0.1, 0.15) is 0 Å². The van der Waals surface area contributed by atoms with Crippen LogP contribution in [0, 0.1) is 0 Å². The maximum atomic E-state index is 8.39. The van der Waals surface area contributed by atoms with E-state index in [4.69, 9.17) is 14.1 Å². The van der Waals surface area contributed by atoms with E-state index in [-0.39, 0.29) is 0 Å². The third kappa shape index (κ3) is 5.76. The molecular formula is C58H38N4. The molecule has 0 atom stereocenters. The molecule has 4 nitrogen and oxygen atoms in total. The van der Waals surface area contributed by atoms with Gasteiger partial charge in [0.05, 0.1) is 48.9 Å². The maximum absolute atomic E-state index is 8.39. The first kappa shape index (κ1) is 32.5. The molecule has 3 aromatic heterocycles. The van der Waals surface area contributed by atoms with E-state index in [0.29, 0.717) is 24.0 Å². The van der Waals surface area contributed by atoms with Crippen LogP contribution in [0.5, 0.6) is 0 Å². The van der Waals surface area contributed by atoms with Gasteiger partial charge in [-0.25, -0.2) is 9.97 Å². The monoisotopic (exact) mass is 793 g/mol. The van der Waals surface area contributed by atoms with Gasteiger partial charge >= 0.3 is 0 Å². The lowest BCUT2D eigenvalue weighted by atomic mass is 9.93. The van der Waals surface area contributed by atoms with Gasteiger partial charge in [-0.15, -0.1) is 0 Å². The van der Waals surface area contributed by atoms with E-state index in [1.165, 1.54) is 0 Å². The molecule has 0 amide bonds. The smallest absolute Gasteiger partial charge is 0.160 e. The summed E-state index contributed by atoms with van der Waals surface area (Å²) in [6.45, 7) is 0. The molecule has 0 aliphatic heterocycles. The molecule has 0 aliphatic carbocycles. The second kappa shape index (κ2) is 14.7. The van der Waals surface area contributed by atoms with Gasteiger partial charge in [-0.1, -0.05) is 194 Å². The number of benzene rings is 9. The first-order valence-corrected chi connectivity index (χ1v) is 20.8. The minimum atomic E-state index is 0.405. The highest BCUT2D eigenvalue weighted by atomic mass is 15.0. The van der Waals surface area contributed by atoms with E-state index in [2.05, 4.69) is 149 Å². The van der Waals surface area contributed by atoms with E-state index in [9.17, 15) is 0 Å². The molecule has 0 aliphatic rings.